The predicted molar refractivity (Wildman–Crippen MR) is 69.6 cm³/mol. The molecule has 0 aromatic heterocycles. The fourth-order valence-electron chi connectivity index (χ4n) is 2.91. The molecule has 0 saturated carbocycles. The third kappa shape index (κ3) is 2.47. The molecule has 1 fully saturated rings. The molecule has 2 heteroatoms. The van der Waals surface area contributed by atoms with Crippen LogP contribution >= 0.6 is 0 Å². The van der Waals surface area contributed by atoms with Gasteiger partial charge in [-0.3, -0.25) is 0 Å². The van der Waals surface area contributed by atoms with Crippen LogP contribution in [0.15, 0.2) is 18.2 Å². The number of hydrogen-bond donors (Lipinski definition) is 0. The monoisotopic (exact) mass is 231 g/mol. The number of fused-ring (bicyclic) bond motifs is 1. The van der Waals surface area contributed by atoms with Gasteiger partial charge in [0.05, 0.1) is 6.61 Å². The van der Waals surface area contributed by atoms with Crippen LogP contribution in [0.25, 0.3) is 0 Å². The third-order valence-corrected chi connectivity index (χ3v) is 3.98. The molecule has 92 valence electrons. The Kier molecular flexibility index (Phi) is 3.06. The zero-order chi connectivity index (χ0) is 11.7. The van der Waals surface area contributed by atoms with E-state index >= 15 is 0 Å². The summed E-state index contributed by atoms with van der Waals surface area (Å²) in [4.78, 5) is 2.59. The fourth-order valence-corrected chi connectivity index (χ4v) is 2.91. The maximum Gasteiger partial charge on any atom is 0.122 e. The van der Waals surface area contributed by atoms with E-state index in [1.54, 1.807) is 0 Å². The smallest absolute Gasteiger partial charge is 0.122 e. The van der Waals surface area contributed by atoms with Gasteiger partial charge in [0, 0.05) is 19.5 Å². The van der Waals surface area contributed by atoms with Crippen molar-refractivity contribution in [3.05, 3.63) is 29.3 Å². The standard InChI is InChI=1S/C15H21NO/c1-12-4-7-16(11-12)8-5-13-2-3-15-14(10-13)6-9-17-15/h2-3,10,12H,4-9,11H2,1H3/t12-/m1/s1. The molecule has 2 aliphatic rings. The lowest BCUT2D eigenvalue weighted by atomic mass is 10.1. The number of likely N-dealkylation sites (tertiary alicyclic amines) is 1. The van der Waals surface area contributed by atoms with Gasteiger partial charge in [-0.1, -0.05) is 19.1 Å². The van der Waals surface area contributed by atoms with E-state index in [-0.39, 0.29) is 0 Å². The second kappa shape index (κ2) is 4.69. The highest BCUT2D eigenvalue weighted by Gasteiger charge is 2.18. The first-order valence-electron chi connectivity index (χ1n) is 6.78. The largest absolute Gasteiger partial charge is 0.493 e. The molecule has 0 aliphatic carbocycles. The maximum atomic E-state index is 5.54. The SMILES string of the molecule is C[C@@H]1CCN(CCc2ccc3c(c2)CCO3)C1. The van der Waals surface area contributed by atoms with E-state index in [1.165, 1.54) is 43.6 Å². The molecule has 3 rings (SSSR count). The minimum Gasteiger partial charge on any atom is -0.493 e. The molecular formula is C15H21NO. The quantitative estimate of drug-likeness (QED) is 0.792. The summed E-state index contributed by atoms with van der Waals surface area (Å²) in [5.74, 6) is 1.99. The first kappa shape index (κ1) is 11.1. The van der Waals surface area contributed by atoms with Crippen LogP contribution in [0.2, 0.25) is 0 Å². The Morgan fingerprint density at radius 3 is 3.18 bits per heavy atom. The molecule has 1 aromatic carbocycles. The van der Waals surface area contributed by atoms with E-state index < -0.39 is 0 Å². The Morgan fingerprint density at radius 2 is 2.35 bits per heavy atom. The molecule has 0 N–H and O–H groups in total. The average Bonchev–Trinajstić information content (AvgIpc) is 2.94. The van der Waals surface area contributed by atoms with Crippen LogP contribution < -0.4 is 4.74 Å². The van der Waals surface area contributed by atoms with E-state index in [9.17, 15) is 0 Å². The average molecular weight is 231 g/mol. The van der Waals surface area contributed by atoms with Gasteiger partial charge in [-0.25, -0.2) is 0 Å². The van der Waals surface area contributed by atoms with Gasteiger partial charge in [-0.05, 0) is 42.5 Å². The number of hydrogen-bond acceptors (Lipinski definition) is 2. The molecule has 0 amide bonds. The zero-order valence-corrected chi connectivity index (χ0v) is 10.6. The van der Waals surface area contributed by atoms with Crippen molar-refractivity contribution in [2.24, 2.45) is 5.92 Å². The second-order valence-electron chi connectivity index (χ2n) is 5.48. The van der Waals surface area contributed by atoms with Gasteiger partial charge in [-0.2, -0.15) is 0 Å². The molecule has 0 radical (unpaired) electrons. The highest BCUT2D eigenvalue weighted by atomic mass is 16.5. The molecule has 1 atom stereocenters. The summed E-state index contributed by atoms with van der Waals surface area (Å²) in [6.45, 7) is 7.00. The normalized spacial score (nSPS) is 23.7. The highest BCUT2D eigenvalue weighted by Crippen LogP contribution is 2.26. The van der Waals surface area contributed by atoms with Gasteiger partial charge >= 0.3 is 0 Å². The Hall–Kier alpha value is -1.02. The van der Waals surface area contributed by atoms with Gasteiger partial charge in [-0.15, -0.1) is 0 Å². The summed E-state index contributed by atoms with van der Waals surface area (Å²) in [6.07, 6.45) is 3.64. The van der Waals surface area contributed by atoms with Crippen LogP contribution in [0.5, 0.6) is 5.75 Å². The Balaban J connectivity index is 1.58. The summed E-state index contributed by atoms with van der Waals surface area (Å²) in [6, 6.07) is 6.70. The van der Waals surface area contributed by atoms with Gasteiger partial charge in [0.15, 0.2) is 0 Å². The summed E-state index contributed by atoms with van der Waals surface area (Å²) in [5, 5.41) is 0. The Bertz CT molecular complexity index is 402. The first-order valence-corrected chi connectivity index (χ1v) is 6.78. The maximum absolute atomic E-state index is 5.54. The van der Waals surface area contributed by atoms with Gasteiger partial charge in [0.25, 0.3) is 0 Å². The Morgan fingerprint density at radius 1 is 1.41 bits per heavy atom. The van der Waals surface area contributed by atoms with Crippen LogP contribution in [0.3, 0.4) is 0 Å². The summed E-state index contributed by atoms with van der Waals surface area (Å²) in [7, 11) is 0. The first-order chi connectivity index (χ1) is 8.31. The molecule has 0 unspecified atom stereocenters. The molecule has 2 nitrogen and oxygen atoms in total. The van der Waals surface area contributed by atoms with Crippen molar-refractivity contribution in [2.45, 2.75) is 26.2 Å². The highest BCUT2D eigenvalue weighted by molar-refractivity contribution is 5.39. The van der Waals surface area contributed by atoms with Crippen molar-refractivity contribution in [1.82, 2.24) is 4.90 Å². The van der Waals surface area contributed by atoms with Crippen LogP contribution in [0.4, 0.5) is 0 Å². The molecular weight excluding hydrogens is 210 g/mol. The lowest BCUT2D eigenvalue weighted by Crippen LogP contribution is -2.23. The zero-order valence-electron chi connectivity index (χ0n) is 10.6. The van der Waals surface area contributed by atoms with Crippen molar-refractivity contribution >= 4 is 0 Å². The fraction of sp³-hybridized carbons (Fsp3) is 0.600. The van der Waals surface area contributed by atoms with Crippen molar-refractivity contribution in [3.63, 3.8) is 0 Å². The minimum atomic E-state index is 0.864. The van der Waals surface area contributed by atoms with Crippen molar-refractivity contribution in [3.8, 4) is 5.75 Å². The predicted octanol–water partition coefficient (Wildman–Crippen LogP) is 2.51. The van der Waals surface area contributed by atoms with Crippen LogP contribution in [-0.2, 0) is 12.8 Å². The van der Waals surface area contributed by atoms with Crippen molar-refractivity contribution in [2.75, 3.05) is 26.2 Å². The van der Waals surface area contributed by atoms with E-state index in [2.05, 4.69) is 30.0 Å². The number of rotatable bonds is 3. The summed E-state index contributed by atoms with van der Waals surface area (Å²) >= 11 is 0. The number of nitrogens with zero attached hydrogens (tertiary/aromatic N) is 1. The topological polar surface area (TPSA) is 12.5 Å². The Labute approximate surface area is 104 Å². The van der Waals surface area contributed by atoms with Gasteiger partial charge in [0.1, 0.15) is 5.75 Å². The molecule has 1 aromatic rings. The van der Waals surface area contributed by atoms with Crippen molar-refractivity contribution < 1.29 is 4.74 Å². The second-order valence-corrected chi connectivity index (χ2v) is 5.48. The van der Waals surface area contributed by atoms with E-state index in [0.29, 0.717) is 0 Å². The van der Waals surface area contributed by atoms with Crippen LogP contribution in [0, 0.1) is 5.92 Å². The van der Waals surface area contributed by atoms with Crippen LogP contribution in [-0.4, -0.2) is 31.1 Å². The van der Waals surface area contributed by atoms with Gasteiger partial charge in [0.2, 0.25) is 0 Å². The van der Waals surface area contributed by atoms with E-state index in [1.807, 2.05) is 0 Å². The van der Waals surface area contributed by atoms with Crippen molar-refractivity contribution in [1.29, 1.82) is 0 Å². The van der Waals surface area contributed by atoms with Crippen LogP contribution in [0.1, 0.15) is 24.5 Å². The minimum absolute atomic E-state index is 0.864. The molecule has 2 aliphatic heterocycles. The lowest BCUT2D eigenvalue weighted by molar-refractivity contribution is 0.332. The summed E-state index contributed by atoms with van der Waals surface area (Å²) < 4.78 is 5.54. The number of ether oxygens (including phenoxy) is 1. The number of benzene rings is 1. The molecule has 2 heterocycles. The molecule has 1 saturated heterocycles. The molecule has 0 bridgehead atoms. The molecule has 17 heavy (non-hydrogen) atoms. The lowest BCUT2D eigenvalue weighted by Gasteiger charge is -2.15. The molecule has 0 spiro atoms. The van der Waals surface area contributed by atoms with Gasteiger partial charge < -0.3 is 9.64 Å². The third-order valence-electron chi connectivity index (χ3n) is 3.98. The summed E-state index contributed by atoms with van der Waals surface area (Å²) in [5.41, 5.74) is 2.87. The van der Waals surface area contributed by atoms with E-state index in [0.717, 1.165) is 24.7 Å². The van der Waals surface area contributed by atoms with E-state index in [4.69, 9.17) is 4.74 Å².